The number of carbonyl (C=O) groups is 1. The molecule has 1 aromatic rings. The van der Waals surface area contributed by atoms with Gasteiger partial charge in [0.1, 0.15) is 0 Å². The van der Waals surface area contributed by atoms with Gasteiger partial charge in [-0.15, -0.1) is 11.3 Å². The zero-order valence-corrected chi connectivity index (χ0v) is 10.5. The molecule has 0 aromatic carbocycles. The quantitative estimate of drug-likeness (QED) is 0.690. The van der Waals surface area contributed by atoms with E-state index in [0.29, 0.717) is 12.0 Å². The summed E-state index contributed by atoms with van der Waals surface area (Å²) in [5.74, 6) is 0.0885. The van der Waals surface area contributed by atoms with Gasteiger partial charge >= 0.3 is 0 Å². The van der Waals surface area contributed by atoms with E-state index in [1.54, 1.807) is 11.3 Å². The van der Waals surface area contributed by atoms with E-state index >= 15 is 0 Å². The fourth-order valence-corrected chi connectivity index (χ4v) is 4.40. The van der Waals surface area contributed by atoms with Gasteiger partial charge in [-0.3, -0.25) is 9.10 Å². The van der Waals surface area contributed by atoms with E-state index in [9.17, 15) is 4.79 Å². The largest absolute Gasteiger partial charge is 0.280 e. The fraction of sp³-hybridized carbons (Fsp3) is 0.545. The van der Waals surface area contributed by atoms with Crippen LogP contribution < -0.4 is 0 Å². The van der Waals surface area contributed by atoms with E-state index in [2.05, 4.69) is 26.7 Å². The third kappa shape index (κ3) is 1.27. The monoisotopic (exact) mass is 239 g/mol. The second-order valence-electron chi connectivity index (χ2n) is 5.19. The lowest BCUT2D eigenvalue weighted by molar-refractivity contribution is 0.0894. The summed E-state index contributed by atoms with van der Waals surface area (Å²) < 4.78 is 1.52. The van der Waals surface area contributed by atoms with Crippen LogP contribution in [0.4, 0.5) is 0 Å². The Morgan fingerprint density at radius 2 is 2.07 bits per heavy atom. The van der Waals surface area contributed by atoms with Crippen molar-refractivity contribution in [2.75, 3.05) is 0 Å². The van der Waals surface area contributed by atoms with Crippen LogP contribution in [0.5, 0.6) is 0 Å². The first-order valence-corrected chi connectivity index (χ1v) is 6.34. The first-order chi connectivity index (χ1) is 6.98. The number of amides is 1. The molecule has 1 aliphatic heterocycles. The molecule has 2 nitrogen and oxygen atoms in total. The summed E-state index contributed by atoms with van der Waals surface area (Å²) in [5.41, 5.74) is 3.06. The minimum atomic E-state index is 0.0885. The molecular weight excluding hydrogens is 226 g/mol. The molecule has 2 heterocycles. The molecule has 0 saturated heterocycles. The van der Waals surface area contributed by atoms with Crippen LogP contribution in [0.25, 0.3) is 0 Å². The highest BCUT2D eigenvalue weighted by Crippen LogP contribution is 2.46. The Labute approximate surface area is 98.8 Å². The average Bonchev–Trinajstić information content (AvgIpc) is 2.66. The molecule has 0 unspecified atom stereocenters. The second-order valence-corrected chi connectivity index (χ2v) is 6.78. The van der Waals surface area contributed by atoms with Crippen molar-refractivity contribution in [3.63, 3.8) is 0 Å². The van der Waals surface area contributed by atoms with E-state index in [1.165, 1.54) is 20.3 Å². The second kappa shape index (κ2) is 2.80. The molecule has 0 spiro atoms. The van der Waals surface area contributed by atoms with Gasteiger partial charge in [-0.25, -0.2) is 0 Å². The fourth-order valence-electron chi connectivity index (χ4n) is 2.55. The van der Waals surface area contributed by atoms with Gasteiger partial charge in [0.25, 0.3) is 5.91 Å². The third-order valence-corrected chi connectivity index (χ3v) is 4.82. The van der Waals surface area contributed by atoms with E-state index in [1.807, 2.05) is 0 Å². The van der Waals surface area contributed by atoms with Crippen molar-refractivity contribution in [1.29, 1.82) is 0 Å². The lowest BCUT2D eigenvalue weighted by Crippen LogP contribution is -2.11. The zero-order valence-electron chi connectivity index (χ0n) is 8.83. The standard InChI is InChI=1S/C11H13NOS2/c1-11(2)3-6-7-5-12(14)10(13)9(7)15-8(6)4-11/h14H,3-5H2,1-2H3. The van der Waals surface area contributed by atoms with E-state index in [-0.39, 0.29) is 5.91 Å². The SMILES string of the molecule is CC1(C)Cc2sc3c(c2C1)CN(S)C3=O. The predicted octanol–water partition coefficient (Wildman–Crippen LogP) is 2.67. The molecule has 80 valence electrons. The molecule has 1 aliphatic carbocycles. The number of fused-ring (bicyclic) bond motifs is 3. The van der Waals surface area contributed by atoms with Gasteiger partial charge in [0.2, 0.25) is 0 Å². The van der Waals surface area contributed by atoms with Crippen LogP contribution in [0.2, 0.25) is 0 Å². The maximum absolute atomic E-state index is 11.7. The molecule has 2 aliphatic rings. The number of hydrogen-bond donors (Lipinski definition) is 1. The normalized spacial score (nSPS) is 22.1. The summed E-state index contributed by atoms with van der Waals surface area (Å²) in [5, 5.41) is 0. The van der Waals surface area contributed by atoms with Crippen molar-refractivity contribution in [3.05, 3.63) is 20.9 Å². The number of thiol groups is 1. The lowest BCUT2D eigenvalue weighted by atomic mass is 9.90. The Balaban J connectivity index is 2.09. The smallest absolute Gasteiger partial charge is 0.274 e. The Morgan fingerprint density at radius 3 is 2.80 bits per heavy atom. The number of hydrogen-bond acceptors (Lipinski definition) is 3. The molecule has 1 amide bonds. The van der Waals surface area contributed by atoms with Crippen molar-refractivity contribution < 1.29 is 4.79 Å². The average molecular weight is 239 g/mol. The van der Waals surface area contributed by atoms with Crippen LogP contribution in [0.3, 0.4) is 0 Å². The molecular formula is C11H13NOS2. The zero-order chi connectivity index (χ0) is 10.8. The van der Waals surface area contributed by atoms with Crippen LogP contribution in [0, 0.1) is 5.41 Å². The minimum absolute atomic E-state index is 0.0885. The van der Waals surface area contributed by atoms with Crippen molar-refractivity contribution in [3.8, 4) is 0 Å². The predicted molar refractivity (Wildman–Crippen MR) is 64.4 cm³/mol. The Kier molecular flexibility index (Phi) is 1.81. The molecule has 3 rings (SSSR count). The Bertz CT molecular complexity index is 461. The van der Waals surface area contributed by atoms with Crippen molar-refractivity contribution in [2.24, 2.45) is 5.41 Å². The summed E-state index contributed by atoms with van der Waals surface area (Å²) in [7, 11) is 0. The molecule has 0 bridgehead atoms. The van der Waals surface area contributed by atoms with Crippen molar-refractivity contribution >= 4 is 30.1 Å². The Hall–Kier alpha value is -0.480. The van der Waals surface area contributed by atoms with Crippen LogP contribution in [0.1, 0.15) is 39.5 Å². The van der Waals surface area contributed by atoms with E-state index < -0.39 is 0 Å². The molecule has 0 N–H and O–H groups in total. The number of thiophene rings is 1. The molecule has 0 atom stereocenters. The third-order valence-electron chi connectivity index (χ3n) is 3.23. The lowest BCUT2D eigenvalue weighted by Gasteiger charge is -2.15. The molecule has 0 fully saturated rings. The van der Waals surface area contributed by atoms with Gasteiger partial charge in [-0.05, 0) is 29.4 Å². The summed E-state index contributed by atoms with van der Waals surface area (Å²) in [4.78, 5) is 14.1. The van der Waals surface area contributed by atoms with Crippen molar-refractivity contribution in [2.45, 2.75) is 33.2 Å². The first kappa shape index (κ1) is 9.73. The molecule has 1 aromatic heterocycles. The van der Waals surface area contributed by atoms with Gasteiger partial charge in [-0.1, -0.05) is 26.7 Å². The molecule has 4 heteroatoms. The summed E-state index contributed by atoms with van der Waals surface area (Å²) >= 11 is 5.86. The first-order valence-electron chi connectivity index (χ1n) is 5.12. The Morgan fingerprint density at radius 1 is 1.33 bits per heavy atom. The van der Waals surface area contributed by atoms with Crippen LogP contribution in [-0.4, -0.2) is 10.2 Å². The highest BCUT2D eigenvalue weighted by Gasteiger charge is 2.38. The topological polar surface area (TPSA) is 20.3 Å². The van der Waals surface area contributed by atoms with Crippen LogP contribution in [0.15, 0.2) is 0 Å². The molecule has 0 radical (unpaired) electrons. The van der Waals surface area contributed by atoms with Crippen LogP contribution >= 0.6 is 24.2 Å². The summed E-state index contributed by atoms with van der Waals surface area (Å²) in [6.45, 7) is 5.28. The van der Waals surface area contributed by atoms with E-state index in [4.69, 9.17) is 0 Å². The van der Waals surface area contributed by atoms with Gasteiger partial charge in [0, 0.05) is 4.88 Å². The highest BCUT2D eigenvalue weighted by atomic mass is 32.1. The minimum Gasteiger partial charge on any atom is -0.280 e. The van der Waals surface area contributed by atoms with Gasteiger partial charge in [0.05, 0.1) is 11.4 Å². The van der Waals surface area contributed by atoms with Gasteiger partial charge in [-0.2, -0.15) is 0 Å². The van der Waals surface area contributed by atoms with Gasteiger partial charge in [0.15, 0.2) is 0 Å². The number of nitrogens with zero attached hydrogens (tertiary/aromatic N) is 1. The van der Waals surface area contributed by atoms with E-state index in [0.717, 1.165) is 17.7 Å². The maximum atomic E-state index is 11.7. The number of rotatable bonds is 0. The summed E-state index contributed by atoms with van der Waals surface area (Å²) in [6.07, 6.45) is 2.24. The highest BCUT2D eigenvalue weighted by molar-refractivity contribution is 7.78. The maximum Gasteiger partial charge on any atom is 0.274 e. The molecule has 0 saturated carbocycles. The number of carbonyl (C=O) groups excluding carboxylic acids is 1. The van der Waals surface area contributed by atoms with Crippen molar-refractivity contribution in [1.82, 2.24) is 4.31 Å². The molecule has 15 heavy (non-hydrogen) atoms. The van der Waals surface area contributed by atoms with Gasteiger partial charge < -0.3 is 0 Å². The van der Waals surface area contributed by atoms with Crippen LogP contribution in [-0.2, 0) is 19.4 Å². The summed E-state index contributed by atoms with van der Waals surface area (Å²) in [6, 6.07) is 0.